The first-order valence-corrected chi connectivity index (χ1v) is 7.22. The third-order valence-corrected chi connectivity index (χ3v) is 4.44. The van der Waals surface area contributed by atoms with Crippen LogP contribution in [0.4, 0.5) is 0 Å². The van der Waals surface area contributed by atoms with E-state index in [4.69, 9.17) is 0 Å². The second-order valence-electron chi connectivity index (χ2n) is 5.20. The van der Waals surface area contributed by atoms with Crippen LogP contribution in [-0.4, -0.2) is 47.5 Å². The van der Waals surface area contributed by atoms with Crippen molar-refractivity contribution in [1.29, 1.82) is 0 Å². The van der Waals surface area contributed by atoms with Gasteiger partial charge in [0.15, 0.2) is 5.17 Å². The Balaban J connectivity index is 1.68. The summed E-state index contributed by atoms with van der Waals surface area (Å²) in [5.74, 6) is 0.807. The Labute approximate surface area is 103 Å². The van der Waals surface area contributed by atoms with Crippen LogP contribution in [0.15, 0.2) is 4.99 Å². The number of hydrogen-bond donors (Lipinski definition) is 1. The SMILES string of the molecule is CC1CN=C(NCC2CCN(C(C)C)C2)S1. The molecule has 2 unspecified atom stereocenters. The van der Waals surface area contributed by atoms with Gasteiger partial charge in [0, 0.05) is 24.4 Å². The molecule has 1 N–H and O–H groups in total. The molecule has 0 bridgehead atoms. The monoisotopic (exact) mass is 241 g/mol. The maximum Gasteiger partial charge on any atom is 0.156 e. The zero-order valence-electron chi connectivity index (χ0n) is 10.6. The molecule has 0 spiro atoms. The molecule has 1 saturated heterocycles. The Morgan fingerprint density at radius 3 is 2.94 bits per heavy atom. The molecule has 16 heavy (non-hydrogen) atoms. The molecule has 92 valence electrons. The van der Waals surface area contributed by atoms with Gasteiger partial charge in [0.05, 0.1) is 6.54 Å². The lowest BCUT2D eigenvalue weighted by Crippen LogP contribution is -2.31. The van der Waals surface area contributed by atoms with E-state index in [9.17, 15) is 0 Å². The van der Waals surface area contributed by atoms with Gasteiger partial charge in [-0.3, -0.25) is 4.99 Å². The summed E-state index contributed by atoms with van der Waals surface area (Å²) >= 11 is 1.88. The van der Waals surface area contributed by atoms with Gasteiger partial charge in [-0.25, -0.2) is 0 Å². The molecule has 4 heteroatoms. The van der Waals surface area contributed by atoms with Crippen LogP contribution in [0.1, 0.15) is 27.2 Å². The van der Waals surface area contributed by atoms with Crippen LogP contribution < -0.4 is 5.32 Å². The summed E-state index contributed by atoms with van der Waals surface area (Å²) in [5, 5.41) is 5.33. The fraction of sp³-hybridized carbons (Fsp3) is 0.917. The number of rotatable bonds is 3. The van der Waals surface area contributed by atoms with E-state index in [1.165, 1.54) is 19.5 Å². The molecule has 0 aromatic heterocycles. The first kappa shape index (κ1) is 12.2. The molecule has 2 rings (SSSR count). The van der Waals surface area contributed by atoms with Gasteiger partial charge < -0.3 is 10.2 Å². The Morgan fingerprint density at radius 2 is 2.38 bits per heavy atom. The van der Waals surface area contributed by atoms with Gasteiger partial charge in [-0.1, -0.05) is 18.7 Å². The number of nitrogens with one attached hydrogen (secondary N) is 1. The zero-order chi connectivity index (χ0) is 11.5. The third kappa shape index (κ3) is 3.14. The zero-order valence-corrected chi connectivity index (χ0v) is 11.4. The highest BCUT2D eigenvalue weighted by Crippen LogP contribution is 2.21. The van der Waals surface area contributed by atoms with Crippen LogP contribution >= 0.6 is 11.8 Å². The average Bonchev–Trinajstić information content (AvgIpc) is 2.83. The number of amidine groups is 1. The molecule has 0 aromatic carbocycles. The van der Waals surface area contributed by atoms with Crippen molar-refractivity contribution in [2.24, 2.45) is 10.9 Å². The van der Waals surface area contributed by atoms with Crippen molar-refractivity contribution in [2.45, 2.75) is 38.5 Å². The molecule has 2 aliphatic heterocycles. The fourth-order valence-electron chi connectivity index (χ4n) is 2.30. The summed E-state index contributed by atoms with van der Waals surface area (Å²) < 4.78 is 0. The first-order valence-electron chi connectivity index (χ1n) is 6.34. The Hall–Kier alpha value is -0.220. The molecule has 2 atom stereocenters. The highest BCUT2D eigenvalue weighted by Gasteiger charge is 2.24. The van der Waals surface area contributed by atoms with E-state index in [1.54, 1.807) is 0 Å². The van der Waals surface area contributed by atoms with Gasteiger partial charge >= 0.3 is 0 Å². The Morgan fingerprint density at radius 1 is 1.56 bits per heavy atom. The lowest BCUT2D eigenvalue weighted by atomic mass is 10.1. The molecular formula is C12H23N3S. The molecule has 0 amide bonds. The fourth-order valence-corrected chi connectivity index (χ4v) is 3.15. The van der Waals surface area contributed by atoms with Gasteiger partial charge in [-0.2, -0.15) is 0 Å². The van der Waals surface area contributed by atoms with E-state index >= 15 is 0 Å². The van der Waals surface area contributed by atoms with Crippen molar-refractivity contribution in [3.63, 3.8) is 0 Å². The molecule has 0 aromatic rings. The summed E-state index contributed by atoms with van der Waals surface area (Å²) in [5.41, 5.74) is 0. The number of aliphatic imine (C=N–C) groups is 1. The summed E-state index contributed by atoms with van der Waals surface area (Å²) in [4.78, 5) is 7.05. The minimum absolute atomic E-state index is 0.665. The molecule has 3 nitrogen and oxygen atoms in total. The molecule has 0 saturated carbocycles. The van der Waals surface area contributed by atoms with E-state index in [1.807, 2.05) is 11.8 Å². The van der Waals surface area contributed by atoms with Gasteiger partial charge in [0.1, 0.15) is 0 Å². The van der Waals surface area contributed by atoms with Crippen LogP contribution in [0.2, 0.25) is 0 Å². The van der Waals surface area contributed by atoms with E-state index in [0.29, 0.717) is 11.3 Å². The Bertz CT molecular complexity index is 265. The van der Waals surface area contributed by atoms with Crippen molar-refractivity contribution in [2.75, 3.05) is 26.2 Å². The van der Waals surface area contributed by atoms with Crippen LogP contribution in [0.3, 0.4) is 0 Å². The summed E-state index contributed by atoms with van der Waals surface area (Å²) in [6.07, 6.45) is 1.33. The molecule has 0 radical (unpaired) electrons. The molecule has 0 aliphatic carbocycles. The van der Waals surface area contributed by atoms with Gasteiger partial charge in [0.25, 0.3) is 0 Å². The van der Waals surface area contributed by atoms with Crippen molar-refractivity contribution in [3.8, 4) is 0 Å². The summed E-state index contributed by atoms with van der Waals surface area (Å²) in [6, 6.07) is 0.697. The molecule has 2 aliphatic rings. The van der Waals surface area contributed by atoms with Crippen LogP contribution in [-0.2, 0) is 0 Å². The Kier molecular flexibility index (Phi) is 4.14. The van der Waals surface area contributed by atoms with Crippen molar-refractivity contribution < 1.29 is 0 Å². The predicted molar refractivity (Wildman–Crippen MR) is 72.2 cm³/mol. The van der Waals surface area contributed by atoms with E-state index in [0.717, 1.165) is 24.2 Å². The minimum Gasteiger partial charge on any atom is -0.365 e. The topological polar surface area (TPSA) is 27.6 Å². The largest absolute Gasteiger partial charge is 0.365 e. The quantitative estimate of drug-likeness (QED) is 0.816. The summed E-state index contributed by atoms with van der Waals surface area (Å²) in [6.45, 7) is 11.4. The number of hydrogen-bond acceptors (Lipinski definition) is 4. The highest BCUT2D eigenvalue weighted by atomic mass is 32.2. The van der Waals surface area contributed by atoms with Crippen molar-refractivity contribution in [3.05, 3.63) is 0 Å². The average molecular weight is 241 g/mol. The molecule has 2 heterocycles. The van der Waals surface area contributed by atoms with Crippen LogP contribution in [0.5, 0.6) is 0 Å². The smallest absolute Gasteiger partial charge is 0.156 e. The number of nitrogens with zero attached hydrogens (tertiary/aromatic N) is 2. The second kappa shape index (κ2) is 5.41. The van der Waals surface area contributed by atoms with Crippen LogP contribution in [0, 0.1) is 5.92 Å². The normalized spacial score (nSPS) is 31.1. The highest BCUT2D eigenvalue weighted by molar-refractivity contribution is 8.14. The molecular weight excluding hydrogens is 218 g/mol. The third-order valence-electron chi connectivity index (χ3n) is 3.39. The minimum atomic E-state index is 0.665. The van der Waals surface area contributed by atoms with Gasteiger partial charge in [0.2, 0.25) is 0 Å². The standard InChI is InChI=1S/C12H23N3S/c1-9(2)15-5-4-11(8-15)7-14-12-13-6-10(3)16-12/h9-11H,4-8H2,1-3H3,(H,13,14). The van der Waals surface area contributed by atoms with Gasteiger partial charge in [-0.15, -0.1) is 0 Å². The number of likely N-dealkylation sites (tertiary alicyclic amines) is 1. The first-order chi connectivity index (χ1) is 7.65. The lowest BCUT2D eigenvalue weighted by Gasteiger charge is -2.20. The summed E-state index contributed by atoms with van der Waals surface area (Å²) in [7, 11) is 0. The van der Waals surface area contributed by atoms with Gasteiger partial charge in [-0.05, 0) is 32.7 Å². The molecule has 1 fully saturated rings. The maximum atomic E-state index is 4.49. The van der Waals surface area contributed by atoms with Crippen molar-refractivity contribution >= 4 is 16.9 Å². The lowest BCUT2D eigenvalue weighted by molar-refractivity contribution is 0.265. The van der Waals surface area contributed by atoms with E-state index in [2.05, 4.69) is 36.0 Å². The predicted octanol–water partition coefficient (Wildman–Crippen LogP) is 1.80. The van der Waals surface area contributed by atoms with E-state index in [-0.39, 0.29) is 0 Å². The van der Waals surface area contributed by atoms with Crippen molar-refractivity contribution in [1.82, 2.24) is 10.2 Å². The maximum absolute atomic E-state index is 4.49. The van der Waals surface area contributed by atoms with Crippen LogP contribution in [0.25, 0.3) is 0 Å². The van der Waals surface area contributed by atoms with E-state index < -0.39 is 0 Å². The second-order valence-corrected chi connectivity index (χ2v) is 6.63. The number of thioether (sulfide) groups is 1.